The number of hydrogen-bond donors (Lipinski definition) is 0. The van der Waals surface area contributed by atoms with Gasteiger partial charge in [0, 0.05) is 11.9 Å². The zero-order valence-corrected chi connectivity index (χ0v) is 17.0. The molecule has 0 fully saturated rings. The summed E-state index contributed by atoms with van der Waals surface area (Å²) in [5, 5.41) is 5.52. The fourth-order valence-corrected chi connectivity index (χ4v) is 3.46. The fourth-order valence-electron chi connectivity index (χ4n) is 3.46. The Labute approximate surface area is 174 Å². The molecule has 0 bridgehead atoms. The molecule has 6 nitrogen and oxygen atoms in total. The molecule has 0 radical (unpaired) electrons. The molecule has 6 heteroatoms. The van der Waals surface area contributed by atoms with Gasteiger partial charge in [0.25, 0.3) is 11.5 Å². The normalized spacial score (nSPS) is 11.2. The van der Waals surface area contributed by atoms with E-state index in [1.165, 1.54) is 4.68 Å². The lowest BCUT2D eigenvalue weighted by Crippen LogP contribution is -2.34. The number of rotatable bonds is 6. The molecule has 0 atom stereocenters. The first-order valence-electron chi connectivity index (χ1n) is 9.91. The fraction of sp³-hybridized carbons (Fsp3) is 0.208. The molecule has 2 aromatic carbocycles. The van der Waals surface area contributed by atoms with E-state index in [0.717, 1.165) is 5.56 Å². The molecular formula is C24H23N3O3. The Kier molecular flexibility index (Phi) is 5.48. The molecule has 4 aromatic rings. The number of furan rings is 1. The highest BCUT2D eigenvalue weighted by atomic mass is 16.3. The van der Waals surface area contributed by atoms with Crippen LogP contribution in [0.3, 0.4) is 0 Å². The minimum atomic E-state index is -0.249. The second-order valence-corrected chi connectivity index (χ2v) is 7.46. The van der Waals surface area contributed by atoms with E-state index in [1.54, 1.807) is 35.4 Å². The molecule has 0 saturated carbocycles. The topological polar surface area (TPSA) is 68.3 Å². The van der Waals surface area contributed by atoms with E-state index in [2.05, 4.69) is 5.10 Å². The van der Waals surface area contributed by atoms with Crippen LogP contribution in [-0.2, 0) is 13.1 Å². The van der Waals surface area contributed by atoms with Crippen molar-refractivity contribution >= 4 is 16.7 Å². The average molecular weight is 401 g/mol. The van der Waals surface area contributed by atoms with Crippen molar-refractivity contribution in [2.45, 2.75) is 33.0 Å². The van der Waals surface area contributed by atoms with Gasteiger partial charge in [-0.15, -0.1) is 0 Å². The van der Waals surface area contributed by atoms with Gasteiger partial charge in [0.15, 0.2) is 5.69 Å². The minimum Gasteiger partial charge on any atom is -0.467 e. The predicted octanol–water partition coefficient (Wildman–Crippen LogP) is 4.41. The summed E-state index contributed by atoms with van der Waals surface area (Å²) >= 11 is 0. The largest absolute Gasteiger partial charge is 0.467 e. The summed E-state index contributed by atoms with van der Waals surface area (Å²) in [6.45, 7) is 4.46. The molecule has 0 aliphatic carbocycles. The van der Waals surface area contributed by atoms with E-state index in [0.29, 0.717) is 29.6 Å². The number of fused-ring (bicyclic) bond motifs is 1. The minimum absolute atomic E-state index is 0.165. The molecule has 0 saturated heterocycles. The lowest BCUT2D eigenvalue weighted by molar-refractivity contribution is 0.0711. The SMILES string of the molecule is CC(C)n1nc(C(=O)N(Cc2ccccc2)Cc2ccco2)c2ccccc2c1=O. The third kappa shape index (κ3) is 3.89. The molecule has 0 aliphatic heterocycles. The van der Waals surface area contributed by atoms with Crippen molar-refractivity contribution in [2.24, 2.45) is 0 Å². The standard InChI is InChI=1S/C24H23N3O3/c1-17(2)27-23(28)21-13-7-6-12-20(21)22(25-27)24(29)26(16-19-11-8-14-30-19)15-18-9-4-3-5-10-18/h3-14,17H,15-16H2,1-2H3. The summed E-state index contributed by atoms with van der Waals surface area (Å²) in [4.78, 5) is 28.2. The van der Waals surface area contributed by atoms with Crippen LogP contribution in [-0.4, -0.2) is 20.6 Å². The number of benzene rings is 2. The Hall–Kier alpha value is -3.67. The average Bonchev–Trinajstić information content (AvgIpc) is 3.27. The van der Waals surface area contributed by atoms with Crippen LogP contribution in [0.5, 0.6) is 0 Å². The van der Waals surface area contributed by atoms with Gasteiger partial charge in [0.1, 0.15) is 5.76 Å². The number of nitrogens with zero attached hydrogens (tertiary/aromatic N) is 3. The Morgan fingerprint density at radius 2 is 1.67 bits per heavy atom. The Balaban J connectivity index is 1.81. The number of amides is 1. The highest BCUT2D eigenvalue weighted by Gasteiger charge is 2.24. The van der Waals surface area contributed by atoms with Crippen LogP contribution in [0.15, 0.2) is 82.2 Å². The highest BCUT2D eigenvalue weighted by Crippen LogP contribution is 2.19. The third-order valence-corrected chi connectivity index (χ3v) is 4.95. The molecule has 2 aromatic heterocycles. The number of carbonyl (C=O) groups is 1. The van der Waals surface area contributed by atoms with Crippen molar-refractivity contribution in [1.82, 2.24) is 14.7 Å². The molecular weight excluding hydrogens is 378 g/mol. The Bertz CT molecular complexity index is 1210. The molecule has 2 heterocycles. The van der Waals surface area contributed by atoms with Crippen molar-refractivity contribution in [1.29, 1.82) is 0 Å². The first-order valence-corrected chi connectivity index (χ1v) is 9.91. The van der Waals surface area contributed by atoms with E-state index in [4.69, 9.17) is 4.42 Å². The monoisotopic (exact) mass is 401 g/mol. The van der Waals surface area contributed by atoms with Gasteiger partial charge in [-0.3, -0.25) is 9.59 Å². The van der Waals surface area contributed by atoms with Crippen molar-refractivity contribution in [3.8, 4) is 0 Å². The smallest absolute Gasteiger partial charge is 0.275 e. The maximum absolute atomic E-state index is 13.7. The Morgan fingerprint density at radius 1 is 0.967 bits per heavy atom. The lowest BCUT2D eigenvalue weighted by Gasteiger charge is -2.23. The highest BCUT2D eigenvalue weighted by molar-refractivity contribution is 6.04. The van der Waals surface area contributed by atoms with E-state index in [-0.39, 0.29) is 23.2 Å². The lowest BCUT2D eigenvalue weighted by atomic mass is 10.1. The van der Waals surface area contributed by atoms with Gasteiger partial charge in [-0.05, 0) is 37.6 Å². The van der Waals surface area contributed by atoms with Gasteiger partial charge in [0.2, 0.25) is 0 Å². The second-order valence-electron chi connectivity index (χ2n) is 7.46. The summed E-state index contributed by atoms with van der Waals surface area (Å²) in [5.74, 6) is 0.432. The van der Waals surface area contributed by atoms with Gasteiger partial charge < -0.3 is 9.32 Å². The first-order chi connectivity index (χ1) is 14.5. The van der Waals surface area contributed by atoms with Gasteiger partial charge in [-0.2, -0.15) is 5.10 Å². The zero-order valence-electron chi connectivity index (χ0n) is 17.0. The predicted molar refractivity (Wildman–Crippen MR) is 115 cm³/mol. The Morgan fingerprint density at radius 3 is 2.33 bits per heavy atom. The number of hydrogen-bond acceptors (Lipinski definition) is 4. The van der Waals surface area contributed by atoms with E-state index < -0.39 is 0 Å². The molecule has 0 unspecified atom stereocenters. The van der Waals surface area contributed by atoms with E-state index >= 15 is 0 Å². The van der Waals surface area contributed by atoms with Crippen molar-refractivity contribution in [2.75, 3.05) is 0 Å². The first kappa shape index (κ1) is 19.6. The van der Waals surface area contributed by atoms with Gasteiger partial charge in [0.05, 0.1) is 24.2 Å². The second kappa shape index (κ2) is 8.37. The zero-order chi connectivity index (χ0) is 21.1. The van der Waals surface area contributed by atoms with Gasteiger partial charge in [-0.1, -0.05) is 48.5 Å². The molecule has 1 amide bonds. The van der Waals surface area contributed by atoms with Crippen LogP contribution in [0, 0.1) is 0 Å². The van der Waals surface area contributed by atoms with Crippen LogP contribution in [0.2, 0.25) is 0 Å². The van der Waals surface area contributed by atoms with Crippen molar-refractivity contribution < 1.29 is 9.21 Å². The molecule has 0 N–H and O–H groups in total. The summed E-state index contributed by atoms with van der Waals surface area (Å²) in [6, 6.07) is 20.4. The number of carbonyl (C=O) groups excluding carboxylic acids is 1. The summed E-state index contributed by atoms with van der Waals surface area (Å²) in [7, 11) is 0. The van der Waals surface area contributed by atoms with Gasteiger partial charge in [-0.25, -0.2) is 4.68 Å². The van der Waals surface area contributed by atoms with Gasteiger partial charge >= 0.3 is 0 Å². The van der Waals surface area contributed by atoms with Crippen LogP contribution in [0.25, 0.3) is 10.8 Å². The van der Waals surface area contributed by atoms with Crippen LogP contribution in [0.1, 0.15) is 41.7 Å². The summed E-state index contributed by atoms with van der Waals surface area (Å²) in [6.07, 6.45) is 1.59. The van der Waals surface area contributed by atoms with Crippen LogP contribution >= 0.6 is 0 Å². The summed E-state index contributed by atoms with van der Waals surface area (Å²) in [5.41, 5.74) is 1.07. The van der Waals surface area contributed by atoms with Crippen LogP contribution < -0.4 is 5.56 Å². The van der Waals surface area contributed by atoms with Crippen molar-refractivity contribution in [3.63, 3.8) is 0 Å². The number of aromatic nitrogens is 2. The maximum atomic E-state index is 13.7. The van der Waals surface area contributed by atoms with Crippen LogP contribution in [0.4, 0.5) is 0 Å². The maximum Gasteiger partial charge on any atom is 0.275 e. The summed E-state index contributed by atoms with van der Waals surface area (Å²) < 4.78 is 6.86. The molecule has 0 aliphatic rings. The molecule has 4 rings (SSSR count). The molecule has 30 heavy (non-hydrogen) atoms. The molecule has 152 valence electrons. The third-order valence-electron chi connectivity index (χ3n) is 4.95. The molecule has 0 spiro atoms. The van der Waals surface area contributed by atoms with E-state index in [1.807, 2.05) is 56.3 Å². The van der Waals surface area contributed by atoms with Crippen molar-refractivity contribution in [3.05, 3.63) is 100 Å². The quantitative estimate of drug-likeness (QED) is 0.480. The van der Waals surface area contributed by atoms with E-state index in [9.17, 15) is 9.59 Å².